The van der Waals surface area contributed by atoms with E-state index in [1.165, 1.54) is 0 Å². The molecule has 0 radical (unpaired) electrons. The average Bonchev–Trinajstić information content (AvgIpc) is 2.04. The first-order valence-corrected chi connectivity index (χ1v) is 3.80. The molecule has 3 heteroatoms. The Hall–Kier alpha value is -1.15. The number of ketones is 1. The summed E-state index contributed by atoms with van der Waals surface area (Å²) in [5.41, 5.74) is 1.13. The minimum absolute atomic E-state index is 0.373. The molecule has 0 unspecified atom stereocenters. The number of benzene rings is 1. The van der Waals surface area contributed by atoms with Crippen molar-refractivity contribution < 1.29 is 9.59 Å². The maximum absolute atomic E-state index is 11.1. The Morgan fingerprint density at radius 1 is 1.25 bits per heavy atom. The van der Waals surface area contributed by atoms with Crippen LogP contribution in [-0.4, -0.2) is 11.0 Å². The highest BCUT2D eigenvalue weighted by atomic mass is 35.5. The second-order valence-electron chi connectivity index (χ2n) is 2.42. The van der Waals surface area contributed by atoms with E-state index in [9.17, 15) is 9.59 Å². The number of halogens is 1. The van der Waals surface area contributed by atoms with Crippen molar-refractivity contribution in [2.75, 3.05) is 0 Å². The number of hydrogen-bond donors (Lipinski definition) is 0. The van der Waals surface area contributed by atoms with Crippen LogP contribution in [0.2, 0.25) is 0 Å². The molecule has 0 atom stereocenters. The van der Waals surface area contributed by atoms with Crippen LogP contribution in [0.3, 0.4) is 0 Å². The van der Waals surface area contributed by atoms with Crippen LogP contribution >= 0.6 is 11.6 Å². The van der Waals surface area contributed by atoms with Gasteiger partial charge in [0.05, 0.1) is 0 Å². The van der Waals surface area contributed by atoms with Gasteiger partial charge in [-0.1, -0.05) is 24.3 Å². The second kappa shape index (κ2) is 3.50. The highest BCUT2D eigenvalue weighted by Crippen LogP contribution is 2.08. The Morgan fingerprint density at radius 2 is 1.83 bits per heavy atom. The van der Waals surface area contributed by atoms with Gasteiger partial charge >= 0.3 is 0 Å². The third kappa shape index (κ3) is 1.71. The Morgan fingerprint density at radius 3 is 2.33 bits per heavy atom. The molecule has 1 aromatic rings. The number of Topliss-reactive ketones (excluding diaryl/α,β-unsaturated/α-hetero) is 1. The van der Waals surface area contributed by atoms with Crippen molar-refractivity contribution in [2.45, 2.75) is 6.92 Å². The molecule has 0 aromatic heterocycles. The lowest BCUT2D eigenvalue weighted by Gasteiger charge is -1.98. The fourth-order valence-electron chi connectivity index (χ4n) is 0.934. The van der Waals surface area contributed by atoms with E-state index in [-0.39, 0.29) is 0 Å². The summed E-state index contributed by atoms with van der Waals surface area (Å²) in [7, 11) is 0. The van der Waals surface area contributed by atoms with Gasteiger partial charge in [-0.25, -0.2) is 0 Å². The van der Waals surface area contributed by atoms with Crippen LogP contribution in [0.25, 0.3) is 0 Å². The van der Waals surface area contributed by atoms with Crippen LogP contribution in [0.1, 0.15) is 15.9 Å². The van der Waals surface area contributed by atoms with Crippen molar-refractivity contribution >= 4 is 22.6 Å². The van der Waals surface area contributed by atoms with Crippen LogP contribution in [0.4, 0.5) is 0 Å². The van der Waals surface area contributed by atoms with Crippen molar-refractivity contribution in [3.63, 3.8) is 0 Å². The first-order chi connectivity index (χ1) is 5.63. The Bertz CT molecular complexity index is 331. The molecule has 1 aromatic carbocycles. The monoisotopic (exact) mass is 182 g/mol. The molecule has 2 nitrogen and oxygen atoms in total. The van der Waals surface area contributed by atoms with E-state index in [0.717, 1.165) is 5.56 Å². The molecule has 62 valence electrons. The van der Waals surface area contributed by atoms with Crippen LogP contribution in [0.5, 0.6) is 0 Å². The Kier molecular flexibility index (Phi) is 2.61. The number of rotatable bonds is 2. The van der Waals surface area contributed by atoms with Crippen molar-refractivity contribution in [3.05, 3.63) is 35.4 Å². The zero-order valence-electron chi connectivity index (χ0n) is 6.50. The van der Waals surface area contributed by atoms with Gasteiger partial charge in [-0.2, -0.15) is 0 Å². The Balaban J connectivity index is 3.11. The fourth-order valence-corrected chi connectivity index (χ4v) is 1.04. The molecule has 0 heterocycles. The molecule has 0 aliphatic heterocycles. The van der Waals surface area contributed by atoms with Gasteiger partial charge in [-0.3, -0.25) is 9.59 Å². The molecule has 0 saturated carbocycles. The molecule has 12 heavy (non-hydrogen) atoms. The fraction of sp³-hybridized carbons (Fsp3) is 0.111. The van der Waals surface area contributed by atoms with Crippen LogP contribution in [0, 0.1) is 6.92 Å². The summed E-state index contributed by atoms with van der Waals surface area (Å²) < 4.78 is 0. The summed E-state index contributed by atoms with van der Waals surface area (Å²) in [6.07, 6.45) is 0. The minimum atomic E-state index is -0.940. The first kappa shape index (κ1) is 8.94. The molecule has 0 N–H and O–H groups in total. The summed E-state index contributed by atoms with van der Waals surface area (Å²) in [5.74, 6) is -0.644. The molecule has 0 aliphatic rings. The Labute approximate surface area is 75.2 Å². The highest BCUT2D eigenvalue weighted by molar-refractivity contribution is 6.83. The predicted molar refractivity (Wildman–Crippen MR) is 46.4 cm³/mol. The maximum Gasteiger partial charge on any atom is 0.293 e. The molecule has 0 bridgehead atoms. The van der Waals surface area contributed by atoms with Gasteiger partial charge < -0.3 is 0 Å². The van der Waals surface area contributed by atoms with Crippen LogP contribution < -0.4 is 0 Å². The molecule has 0 amide bonds. The van der Waals surface area contributed by atoms with Crippen molar-refractivity contribution in [1.82, 2.24) is 0 Å². The quantitative estimate of drug-likeness (QED) is 0.398. The van der Waals surface area contributed by atoms with Gasteiger partial charge in [0.25, 0.3) is 5.24 Å². The van der Waals surface area contributed by atoms with Gasteiger partial charge in [0.1, 0.15) is 0 Å². The van der Waals surface area contributed by atoms with Gasteiger partial charge in [-0.15, -0.1) is 0 Å². The first-order valence-electron chi connectivity index (χ1n) is 3.42. The van der Waals surface area contributed by atoms with Crippen molar-refractivity contribution in [1.29, 1.82) is 0 Å². The summed E-state index contributed by atoms with van der Waals surface area (Å²) in [6.45, 7) is 1.76. The largest absolute Gasteiger partial charge is 0.293 e. The van der Waals surface area contributed by atoms with E-state index in [1.54, 1.807) is 31.2 Å². The van der Waals surface area contributed by atoms with E-state index >= 15 is 0 Å². The normalized spacial score (nSPS) is 9.50. The summed E-state index contributed by atoms with van der Waals surface area (Å²) in [5, 5.41) is -0.940. The molecule has 0 aliphatic carbocycles. The van der Waals surface area contributed by atoms with Gasteiger partial charge in [0, 0.05) is 5.56 Å². The topological polar surface area (TPSA) is 34.1 Å². The van der Waals surface area contributed by atoms with E-state index in [2.05, 4.69) is 0 Å². The molecular formula is C9H7ClO2. The lowest BCUT2D eigenvalue weighted by molar-refractivity contribution is -0.108. The molecular weight excluding hydrogens is 176 g/mol. The minimum Gasteiger partial charge on any atom is -0.284 e. The van der Waals surface area contributed by atoms with E-state index in [4.69, 9.17) is 11.6 Å². The molecule has 0 fully saturated rings. The molecule has 0 spiro atoms. The van der Waals surface area contributed by atoms with Crippen LogP contribution in [-0.2, 0) is 4.79 Å². The standard InChI is InChI=1S/C9H7ClO2/c1-6-4-2-3-5-7(6)8(11)9(10)12/h2-5H,1H3. The smallest absolute Gasteiger partial charge is 0.284 e. The summed E-state index contributed by atoms with van der Waals surface area (Å²) in [4.78, 5) is 21.6. The number of aryl methyl sites for hydroxylation is 1. The molecule has 0 saturated heterocycles. The van der Waals surface area contributed by atoms with Crippen molar-refractivity contribution in [3.8, 4) is 0 Å². The third-order valence-corrected chi connectivity index (χ3v) is 1.74. The van der Waals surface area contributed by atoms with Crippen molar-refractivity contribution in [2.24, 2.45) is 0 Å². The number of hydrogen-bond acceptors (Lipinski definition) is 2. The van der Waals surface area contributed by atoms with Crippen LogP contribution in [0.15, 0.2) is 24.3 Å². The third-order valence-electron chi connectivity index (χ3n) is 1.57. The van der Waals surface area contributed by atoms with E-state index < -0.39 is 11.0 Å². The maximum atomic E-state index is 11.1. The molecule has 1 rings (SSSR count). The van der Waals surface area contributed by atoms with Gasteiger partial charge in [-0.05, 0) is 24.1 Å². The summed E-state index contributed by atoms with van der Waals surface area (Å²) in [6, 6.07) is 6.83. The average molecular weight is 183 g/mol. The zero-order valence-corrected chi connectivity index (χ0v) is 7.26. The highest BCUT2D eigenvalue weighted by Gasteiger charge is 2.14. The predicted octanol–water partition coefficient (Wildman–Crippen LogP) is 1.94. The lowest BCUT2D eigenvalue weighted by Crippen LogP contribution is -2.08. The lowest BCUT2D eigenvalue weighted by atomic mass is 10.1. The summed E-state index contributed by atoms with van der Waals surface area (Å²) >= 11 is 5.05. The van der Waals surface area contributed by atoms with Gasteiger partial charge in [0.15, 0.2) is 0 Å². The van der Waals surface area contributed by atoms with Gasteiger partial charge in [0.2, 0.25) is 5.78 Å². The SMILES string of the molecule is Cc1ccccc1C(=O)C(=O)Cl. The second-order valence-corrected chi connectivity index (χ2v) is 2.76. The zero-order chi connectivity index (χ0) is 9.14. The number of carbonyl (C=O) groups excluding carboxylic acids is 2. The number of carbonyl (C=O) groups is 2. The van der Waals surface area contributed by atoms with E-state index in [0.29, 0.717) is 5.56 Å². The van der Waals surface area contributed by atoms with E-state index in [1.807, 2.05) is 0 Å².